The third kappa shape index (κ3) is 3.68. The number of aromatic amines is 1. The summed E-state index contributed by atoms with van der Waals surface area (Å²) in [5, 5.41) is 0. The van der Waals surface area contributed by atoms with Crippen LogP contribution in [0.1, 0.15) is 47.8 Å². The number of rotatable bonds is 4. The highest BCUT2D eigenvalue weighted by Gasteiger charge is 2.26. The molecule has 2 saturated heterocycles. The number of anilines is 1. The van der Waals surface area contributed by atoms with Gasteiger partial charge in [0.25, 0.3) is 5.56 Å². The predicted molar refractivity (Wildman–Crippen MR) is 105 cm³/mol. The van der Waals surface area contributed by atoms with E-state index < -0.39 is 0 Å². The van der Waals surface area contributed by atoms with Gasteiger partial charge in [0.15, 0.2) is 0 Å². The first-order chi connectivity index (χ1) is 12.6. The fraction of sp³-hybridized carbons (Fsp3) is 0.524. The molecule has 5 nitrogen and oxygen atoms in total. The van der Waals surface area contributed by atoms with Crippen molar-refractivity contribution in [1.29, 1.82) is 0 Å². The molecule has 1 atom stereocenters. The molecule has 0 saturated carbocycles. The van der Waals surface area contributed by atoms with Gasteiger partial charge in [-0.05, 0) is 62.9 Å². The molecular formula is C21H28N4O. The first-order valence-corrected chi connectivity index (χ1v) is 9.73. The zero-order valence-corrected chi connectivity index (χ0v) is 15.8. The minimum absolute atomic E-state index is 0.0423. The van der Waals surface area contributed by atoms with Gasteiger partial charge in [0.2, 0.25) is 0 Å². The van der Waals surface area contributed by atoms with E-state index in [2.05, 4.69) is 44.9 Å². The van der Waals surface area contributed by atoms with Crippen molar-refractivity contribution in [1.82, 2.24) is 14.9 Å². The molecule has 26 heavy (non-hydrogen) atoms. The summed E-state index contributed by atoms with van der Waals surface area (Å²) in [5.41, 5.74) is 5.05. The van der Waals surface area contributed by atoms with Crippen LogP contribution in [0, 0.1) is 13.8 Å². The molecule has 2 aliphatic heterocycles. The number of benzene rings is 1. The summed E-state index contributed by atoms with van der Waals surface area (Å²) in [6, 6.07) is 8.59. The standard InChI is InChI=1S/C21H28N4O/c1-15-11-19(25-8-3-4-9-25)6-5-17(15)13-24-10-7-18(14-24)20-12-21(26)23-16(2)22-20/h5-6,11-12,18H,3-4,7-10,13-14H2,1-2H3,(H,22,23,26). The number of nitrogens with zero attached hydrogens (tertiary/aromatic N) is 3. The lowest BCUT2D eigenvalue weighted by molar-refractivity contribution is 0.325. The summed E-state index contributed by atoms with van der Waals surface area (Å²) in [6.45, 7) is 9.47. The molecule has 1 aromatic heterocycles. The van der Waals surface area contributed by atoms with Gasteiger partial charge in [-0.3, -0.25) is 9.69 Å². The topological polar surface area (TPSA) is 52.2 Å². The normalized spacial score (nSPS) is 20.8. The lowest BCUT2D eigenvalue weighted by atomic mass is 10.0. The van der Waals surface area contributed by atoms with Crippen LogP contribution in [0.3, 0.4) is 0 Å². The Morgan fingerprint density at radius 1 is 1.15 bits per heavy atom. The number of H-pyrrole nitrogens is 1. The van der Waals surface area contributed by atoms with Crippen molar-refractivity contribution >= 4 is 5.69 Å². The smallest absolute Gasteiger partial charge is 0.251 e. The van der Waals surface area contributed by atoms with Crippen molar-refractivity contribution < 1.29 is 0 Å². The molecule has 1 aromatic carbocycles. The lowest BCUT2D eigenvalue weighted by Crippen LogP contribution is -2.22. The zero-order chi connectivity index (χ0) is 18.1. The van der Waals surface area contributed by atoms with E-state index in [0.29, 0.717) is 11.7 Å². The number of aryl methyl sites for hydroxylation is 2. The first kappa shape index (κ1) is 17.3. The van der Waals surface area contributed by atoms with Gasteiger partial charge in [-0.1, -0.05) is 6.07 Å². The highest BCUT2D eigenvalue weighted by Crippen LogP contribution is 2.28. The third-order valence-electron chi connectivity index (χ3n) is 5.76. The average molecular weight is 352 g/mol. The Hall–Kier alpha value is -2.14. The van der Waals surface area contributed by atoms with Crippen LogP contribution >= 0.6 is 0 Å². The molecule has 3 heterocycles. The number of nitrogens with one attached hydrogen (secondary N) is 1. The Morgan fingerprint density at radius 3 is 2.69 bits per heavy atom. The van der Waals surface area contributed by atoms with Gasteiger partial charge in [-0.25, -0.2) is 4.98 Å². The maximum atomic E-state index is 11.7. The number of hydrogen-bond acceptors (Lipinski definition) is 4. The molecule has 138 valence electrons. The molecule has 5 heteroatoms. The summed E-state index contributed by atoms with van der Waals surface area (Å²) >= 11 is 0. The molecule has 0 spiro atoms. The van der Waals surface area contributed by atoms with Crippen LogP contribution < -0.4 is 10.5 Å². The van der Waals surface area contributed by atoms with Crippen molar-refractivity contribution in [3.63, 3.8) is 0 Å². The van der Waals surface area contributed by atoms with Crippen molar-refractivity contribution in [2.75, 3.05) is 31.1 Å². The number of hydrogen-bond donors (Lipinski definition) is 1. The second kappa shape index (κ2) is 7.23. The van der Waals surface area contributed by atoms with Crippen LogP contribution in [0.25, 0.3) is 0 Å². The summed E-state index contributed by atoms with van der Waals surface area (Å²) in [5.74, 6) is 1.07. The van der Waals surface area contributed by atoms with Gasteiger partial charge < -0.3 is 9.88 Å². The minimum Gasteiger partial charge on any atom is -0.372 e. The van der Waals surface area contributed by atoms with E-state index in [0.717, 1.165) is 31.7 Å². The Labute approximate surface area is 155 Å². The maximum Gasteiger partial charge on any atom is 0.251 e. The van der Waals surface area contributed by atoms with Crippen LogP contribution in [0.2, 0.25) is 0 Å². The van der Waals surface area contributed by atoms with E-state index >= 15 is 0 Å². The molecular weight excluding hydrogens is 324 g/mol. The minimum atomic E-state index is -0.0423. The van der Waals surface area contributed by atoms with Gasteiger partial charge >= 0.3 is 0 Å². The predicted octanol–water partition coefficient (Wildman–Crippen LogP) is 2.98. The fourth-order valence-electron chi connectivity index (χ4n) is 4.30. The van der Waals surface area contributed by atoms with Gasteiger partial charge in [-0.15, -0.1) is 0 Å². The highest BCUT2D eigenvalue weighted by atomic mass is 16.1. The molecule has 0 amide bonds. The summed E-state index contributed by atoms with van der Waals surface area (Å²) < 4.78 is 0. The van der Waals surface area contributed by atoms with E-state index in [1.54, 1.807) is 6.07 Å². The molecule has 0 radical (unpaired) electrons. The zero-order valence-electron chi connectivity index (χ0n) is 15.8. The van der Waals surface area contributed by atoms with Crippen LogP contribution in [0.5, 0.6) is 0 Å². The van der Waals surface area contributed by atoms with Crippen molar-refractivity contribution in [3.8, 4) is 0 Å². The largest absolute Gasteiger partial charge is 0.372 e. The number of aromatic nitrogens is 2. The van der Waals surface area contributed by atoms with Gasteiger partial charge in [-0.2, -0.15) is 0 Å². The summed E-state index contributed by atoms with van der Waals surface area (Å²) in [4.78, 5) is 24.0. The van der Waals surface area contributed by atoms with E-state index in [9.17, 15) is 4.79 Å². The molecule has 0 bridgehead atoms. The molecule has 2 aliphatic rings. The maximum absolute atomic E-state index is 11.7. The van der Waals surface area contributed by atoms with Crippen LogP contribution in [-0.2, 0) is 6.54 Å². The van der Waals surface area contributed by atoms with E-state index in [-0.39, 0.29) is 5.56 Å². The van der Waals surface area contributed by atoms with Crippen molar-refractivity contribution in [2.45, 2.75) is 45.6 Å². The Kier molecular flexibility index (Phi) is 4.81. The van der Waals surface area contributed by atoms with Gasteiger partial charge in [0.05, 0.1) is 5.69 Å². The SMILES string of the molecule is Cc1nc(C2CCN(Cc3ccc(N4CCCC4)cc3C)C2)cc(=O)[nH]1. The molecule has 2 aromatic rings. The van der Waals surface area contributed by atoms with Crippen molar-refractivity contribution in [3.05, 3.63) is 57.3 Å². The van der Waals surface area contributed by atoms with Crippen molar-refractivity contribution in [2.24, 2.45) is 0 Å². The second-order valence-electron chi connectivity index (χ2n) is 7.78. The van der Waals surface area contributed by atoms with E-state index in [4.69, 9.17) is 0 Å². The highest BCUT2D eigenvalue weighted by molar-refractivity contribution is 5.51. The monoisotopic (exact) mass is 352 g/mol. The lowest BCUT2D eigenvalue weighted by Gasteiger charge is -2.21. The molecule has 1 unspecified atom stereocenters. The summed E-state index contributed by atoms with van der Waals surface area (Å²) in [7, 11) is 0. The number of likely N-dealkylation sites (tertiary alicyclic amines) is 1. The van der Waals surface area contributed by atoms with Gasteiger partial charge in [0, 0.05) is 43.9 Å². The molecule has 1 N–H and O–H groups in total. The van der Waals surface area contributed by atoms with Crippen LogP contribution in [0.4, 0.5) is 5.69 Å². The van der Waals surface area contributed by atoms with Crippen LogP contribution in [-0.4, -0.2) is 41.0 Å². The quantitative estimate of drug-likeness (QED) is 0.919. The first-order valence-electron chi connectivity index (χ1n) is 9.73. The molecule has 2 fully saturated rings. The Morgan fingerprint density at radius 2 is 1.96 bits per heavy atom. The average Bonchev–Trinajstić information content (AvgIpc) is 3.27. The van der Waals surface area contributed by atoms with E-state index in [1.807, 2.05) is 6.92 Å². The summed E-state index contributed by atoms with van der Waals surface area (Å²) in [6.07, 6.45) is 3.69. The second-order valence-corrected chi connectivity index (χ2v) is 7.78. The molecule has 4 rings (SSSR count). The van der Waals surface area contributed by atoms with Gasteiger partial charge in [0.1, 0.15) is 5.82 Å². The Bertz CT molecular complexity index is 838. The Balaban J connectivity index is 1.42. The molecule has 0 aliphatic carbocycles. The van der Waals surface area contributed by atoms with Crippen LogP contribution in [0.15, 0.2) is 29.1 Å². The fourth-order valence-corrected chi connectivity index (χ4v) is 4.30. The third-order valence-corrected chi connectivity index (χ3v) is 5.76. The van der Waals surface area contributed by atoms with E-state index in [1.165, 1.54) is 42.7 Å².